The zero-order valence-corrected chi connectivity index (χ0v) is 10.2. The van der Waals surface area contributed by atoms with E-state index in [1.165, 1.54) is 5.56 Å². The van der Waals surface area contributed by atoms with Crippen molar-refractivity contribution in [1.82, 2.24) is 9.78 Å². The van der Waals surface area contributed by atoms with Crippen molar-refractivity contribution in [3.8, 4) is 5.69 Å². The summed E-state index contributed by atoms with van der Waals surface area (Å²) < 4.78 is 2.73. The lowest BCUT2D eigenvalue weighted by Crippen LogP contribution is -2.02. The molecule has 0 saturated heterocycles. The monoisotopic (exact) mass is 265 g/mol. The number of anilines is 1. The smallest absolute Gasteiger partial charge is 0.127 e. The number of rotatable bonds is 1. The lowest BCUT2D eigenvalue weighted by atomic mass is 10.2. The third-order valence-electron chi connectivity index (χ3n) is 2.19. The van der Waals surface area contributed by atoms with Crippen LogP contribution in [0.15, 0.2) is 28.7 Å². The van der Waals surface area contributed by atoms with Crippen molar-refractivity contribution < 1.29 is 0 Å². The van der Waals surface area contributed by atoms with Gasteiger partial charge in [-0.2, -0.15) is 5.10 Å². The molecule has 0 aliphatic carbocycles. The lowest BCUT2D eigenvalue weighted by Gasteiger charge is -2.07. The molecule has 0 bridgehead atoms. The zero-order valence-electron chi connectivity index (χ0n) is 8.66. The van der Waals surface area contributed by atoms with Crippen molar-refractivity contribution in [1.29, 1.82) is 0 Å². The van der Waals surface area contributed by atoms with Crippen LogP contribution >= 0.6 is 15.9 Å². The van der Waals surface area contributed by atoms with Crippen LogP contribution in [0.4, 0.5) is 5.82 Å². The van der Waals surface area contributed by atoms with Gasteiger partial charge in [0.1, 0.15) is 5.82 Å². The number of aryl methyl sites for hydroxylation is 2. The summed E-state index contributed by atoms with van der Waals surface area (Å²) in [6.45, 7) is 3.97. The maximum absolute atomic E-state index is 5.86. The summed E-state index contributed by atoms with van der Waals surface area (Å²) in [6, 6.07) is 7.94. The Labute approximate surface area is 97.0 Å². The molecule has 2 rings (SSSR count). The molecule has 0 radical (unpaired) electrons. The SMILES string of the molecule is Cc1ccc(-n2nc(C)cc2N)c(Br)c1. The summed E-state index contributed by atoms with van der Waals surface area (Å²) in [4.78, 5) is 0. The van der Waals surface area contributed by atoms with Crippen LogP contribution in [0.1, 0.15) is 11.3 Å². The van der Waals surface area contributed by atoms with Gasteiger partial charge in [0, 0.05) is 10.5 Å². The van der Waals surface area contributed by atoms with Crippen molar-refractivity contribution >= 4 is 21.7 Å². The van der Waals surface area contributed by atoms with E-state index in [9.17, 15) is 0 Å². The van der Waals surface area contributed by atoms with Crippen molar-refractivity contribution in [3.63, 3.8) is 0 Å². The van der Waals surface area contributed by atoms with E-state index in [0.29, 0.717) is 5.82 Å². The predicted octanol–water partition coefficient (Wildman–Crippen LogP) is 2.83. The third kappa shape index (κ3) is 1.90. The number of hydrogen-bond donors (Lipinski definition) is 1. The number of nitrogen functional groups attached to an aromatic ring is 1. The van der Waals surface area contributed by atoms with Crippen molar-refractivity contribution in [2.24, 2.45) is 0 Å². The molecule has 1 heterocycles. The lowest BCUT2D eigenvalue weighted by molar-refractivity contribution is 0.867. The first-order valence-corrected chi connectivity index (χ1v) is 5.46. The second kappa shape index (κ2) is 3.70. The van der Waals surface area contributed by atoms with Crippen LogP contribution in [0, 0.1) is 13.8 Å². The highest BCUT2D eigenvalue weighted by Crippen LogP contribution is 2.24. The molecular formula is C11H12BrN3. The number of aromatic nitrogens is 2. The van der Waals surface area contributed by atoms with E-state index in [-0.39, 0.29) is 0 Å². The molecule has 1 aromatic carbocycles. The fraction of sp³-hybridized carbons (Fsp3) is 0.182. The molecule has 0 saturated carbocycles. The van der Waals surface area contributed by atoms with Gasteiger partial charge < -0.3 is 5.73 Å². The Morgan fingerprint density at radius 2 is 2.00 bits per heavy atom. The highest BCUT2D eigenvalue weighted by atomic mass is 79.9. The van der Waals surface area contributed by atoms with Crippen LogP contribution in [0.2, 0.25) is 0 Å². The predicted molar refractivity (Wildman–Crippen MR) is 65.2 cm³/mol. The highest BCUT2D eigenvalue weighted by molar-refractivity contribution is 9.10. The van der Waals surface area contributed by atoms with E-state index in [1.807, 2.05) is 38.1 Å². The molecule has 0 aliphatic heterocycles. The summed E-state index contributed by atoms with van der Waals surface area (Å²) in [5.74, 6) is 0.650. The van der Waals surface area contributed by atoms with Crippen molar-refractivity contribution in [2.45, 2.75) is 13.8 Å². The maximum Gasteiger partial charge on any atom is 0.127 e. The van der Waals surface area contributed by atoms with Crippen molar-refractivity contribution in [2.75, 3.05) is 5.73 Å². The summed E-state index contributed by atoms with van der Waals surface area (Å²) in [5.41, 5.74) is 8.94. The minimum Gasteiger partial charge on any atom is -0.384 e. The first-order chi connectivity index (χ1) is 7.08. The minimum absolute atomic E-state index is 0.650. The van der Waals surface area contributed by atoms with Crippen LogP contribution < -0.4 is 5.73 Å². The topological polar surface area (TPSA) is 43.8 Å². The van der Waals surface area contributed by atoms with Gasteiger partial charge in [-0.25, -0.2) is 4.68 Å². The van der Waals surface area contributed by atoms with Crippen LogP contribution in [-0.4, -0.2) is 9.78 Å². The second-order valence-electron chi connectivity index (χ2n) is 3.58. The number of nitrogens with two attached hydrogens (primary N) is 1. The molecule has 0 aliphatic rings. The molecule has 0 atom stereocenters. The normalized spacial score (nSPS) is 10.6. The molecule has 0 spiro atoms. The van der Waals surface area contributed by atoms with Gasteiger partial charge in [-0.1, -0.05) is 6.07 Å². The van der Waals surface area contributed by atoms with Crippen LogP contribution in [-0.2, 0) is 0 Å². The van der Waals surface area contributed by atoms with E-state index >= 15 is 0 Å². The fourth-order valence-electron chi connectivity index (χ4n) is 1.50. The van der Waals surface area contributed by atoms with Gasteiger partial charge in [0.05, 0.1) is 11.4 Å². The molecule has 2 N–H and O–H groups in total. The summed E-state index contributed by atoms with van der Waals surface area (Å²) >= 11 is 3.51. The molecular weight excluding hydrogens is 254 g/mol. The largest absolute Gasteiger partial charge is 0.384 e. The van der Waals surface area contributed by atoms with E-state index in [1.54, 1.807) is 4.68 Å². The molecule has 0 amide bonds. The summed E-state index contributed by atoms with van der Waals surface area (Å²) in [7, 11) is 0. The van der Waals surface area contributed by atoms with E-state index in [2.05, 4.69) is 21.0 Å². The Hall–Kier alpha value is -1.29. The highest BCUT2D eigenvalue weighted by Gasteiger charge is 2.07. The van der Waals surface area contributed by atoms with Crippen LogP contribution in [0.3, 0.4) is 0 Å². The van der Waals surface area contributed by atoms with Gasteiger partial charge in [0.2, 0.25) is 0 Å². The molecule has 2 aromatic rings. The van der Waals surface area contributed by atoms with Crippen LogP contribution in [0.5, 0.6) is 0 Å². The van der Waals surface area contributed by atoms with Gasteiger partial charge in [0.25, 0.3) is 0 Å². The van der Waals surface area contributed by atoms with E-state index in [4.69, 9.17) is 5.73 Å². The number of halogens is 1. The Morgan fingerprint density at radius 3 is 2.53 bits per heavy atom. The molecule has 0 fully saturated rings. The Bertz CT molecular complexity index is 503. The van der Waals surface area contributed by atoms with Gasteiger partial charge in [-0.3, -0.25) is 0 Å². The second-order valence-corrected chi connectivity index (χ2v) is 4.43. The Balaban J connectivity index is 2.59. The average Bonchev–Trinajstić information content (AvgIpc) is 2.45. The van der Waals surface area contributed by atoms with Crippen molar-refractivity contribution in [3.05, 3.63) is 40.0 Å². The number of benzene rings is 1. The van der Waals surface area contributed by atoms with Crippen LogP contribution in [0.25, 0.3) is 5.69 Å². The zero-order chi connectivity index (χ0) is 11.0. The van der Waals surface area contributed by atoms with Gasteiger partial charge >= 0.3 is 0 Å². The molecule has 1 aromatic heterocycles. The first-order valence-electron chi connectivity index (χ1n) is 4.66. The molecule has 3 nitrogen and oxygen atoms in total. The Kier molecular flexibility index (Phi) is 2.52. The standard InChI is InChI=1S/C11H12BrN3/c1-7-3-4-10(9(12)5-7)15-11(13)6-8(2)14-15/h3-6H,13H2,1-2H3. The Morgan fingerprint density at radius 1 is 1.27 bits per heavy atom. The summed E-state index contributed by atoms with van der Waals surface area (Å²) in [5, 5.41) is 4.33. The van der Waals surface area contributed by atoms with Gasteiger partial charge in [-0.15, -0.1) is 0 Å². The van der Waals surface area contributed by atoms with E-state index < -0.39 is 0 Å². The quantitative estimate of drug-likeness (QED) is 0.862. The first kappa shape index (κ1) is 10.2. The summed E-state index contributed by atoms with van der Waals surface area (Å²) in [6.07, 6.45) is 0. The number of nitrogens with zero attached hydrogens (tertiary/aromatic N) is 2. The third-order valence-corrected chi connectivity index (χ3v) is 2.83. The molecule has 4 heteroatoms. The maximum atomic E-state index is 5.86. The minimum atomic E-state index is 0.650. The van der Waals surface area contributed by atoms with E-state index in [0.717, 1.165) is 15.9 Å². The molecule has 15 heavy (non-hydrogen) atoms. The average molecular weight is 266 g/mol. The van der Waals surface area contributed by atoms with Gasteiger partial charge in [-0.05, 0) is 47.5 Å². The molecule has 78 valence electrons. The van der Waals surface area contributed by atoms with Gasteiger partial charge in [0.15, 0.2) is 0 Å². The fourth-order valence-corrected chi connectivity index (χ4v) is 2.16. The molecule has 0 unspecified atom stereocenters. The number of hydrogen-bond acceptors (Lipinski definition) is 2.